The predicted octanol–water partition coefficient (Wildman–Crippen LogP) is -1.02. The van der Waals surface area contributed by atoms with Gasteiger partial charge < -0.3 is 11.3 Å². The summed E-state index contributed by atoms with van der Waals surface area (Å²) in [6, 6.07) is 5.63. The topological polar surface area (TPSA) is 83.8 Å². The summed E-state index contributed by atoms with van der Waals surface area (Å²) in [4.78, 5) is -0.141. The number of benzene rings is 1. The largest absolute Gasteiger partial charge is 1.00 e. The van der Waals surface area contributed by atoms with Crippen molar-refractivity contribution in [2.75, 3.05) is 13.2 Å². The molecule has 0 bridgehead atoms. The monoisotopic (exact) mass is 298 g/mol. The first-order valence-electron chi connectivity index (χ1n) is 5.85. The Hall–Kier alpha value is -0.110. The van der Waals surface area contributed by atoms with E-state index < -0.39 is 10.1 Å². The van der Waals surface area contributed by atoms with Crippen molar-refractivity contribution in [3.63, 3.8) is 0 Å². The van der Waals surface area contributed by atoms with Crippen LogP contribution in [0.3, 0.4) is 0 Å². The van der Waals surface area contributed by atoms with Crippen molar-refractivity contribution in [3.8, 4) is 5.75 Å². The Kier molecular flexibility index (Phi) is 9.68. The predicted molar refractivity (Wildman–Crippen MR) is 68.4 cm³/mol. The van der Waals surface area contributed by atoms with Gasteiger partial charge in [0.05, 0.1) is 11.5 Å². The Balaban J connectivity index is 0. The van der Waals surface area contributed by atoms with Crippen LogP contribution in [-0.4, -0.2) is 31.3 Å². The molecule has 0 aliphatic carbocycles. The molecule has 0 saturated carbocycles. The van der Waals surface area contributed by atoms with E-state index in [0.717, 1.165) is 25.7 Å². The molecule has 0 aliphatic heterocycles. The van der Waals surface area contributed by atoms with Crippen LogP contribution in [0.5, 0.6) is 5.75 Å². The van der Waals surface area contributed by atoms with E-state index in [1.54, 1.807) is 0 Å². The van der Waals surface area contributed by atoms with Crippen LogP contribution in [0.4, 0.5) is 0 Å². The van der Waals surface area contributed by atoms with Crippen molar-refractivity contribution in [2.24, 2.45) is 0 Å². The minimum absolute atomic E-state index is 0. The molecule has 0 fully saturated rings. The van der Waals surface area contributed by atoms with Crippen LogP contribution >= 0.6 is 0 Å². The van der Waals surface area contributed by atoms with Crippen LogP contribution in [0, 0.1) is 0 Å². The summed E-state index contributed by atoms with van der Waals surface area (Å²) in [5.41, 5.74) is 0. The van der Waals surface area contributed by atoms with E-state index >= 15 is 0 Å². The minimum atomic E-state index is -4.13. The van der Waals surface area contributed by atoms with Crippen LogP contribution in [0.2, 0.25) is 0 Å². The van der Waals surface area contributed by atoms with Crippen molar-refractivity contribution in [3.05, 3.63) is 24.3 Å². The summed E-state index contributed by atoms with van der Waals surface area (Å²) < 4.78 is 35.8. The molecule has 0 unspecified atom stereocenters. The van der Waals surface area contributed by atoms with Crippen molar-refractivity contribution >= 4 is 10.1 Å². The van der Waals surface area contributed by atoms with E-state index in [-0.39, 0.29) is 42.5 Å². The molecule has 1 rings (SSSR count). The molecule has 1 aromatic carbocycles. The van der Waals surface area contributed by atoms with Gasteiger partial charge in [-0.1, -0.05) is 6.42 Å². The first-order valence-corrected chi connectivity index (χ1v) is 7.29. The summed E-state index contributed by atoms with van der Waals surface area (Å²) in [5.74, 6) is 0.574. The first kappa shape index (κ1) is 18.9. The van der Waals surface area contributed by atoms with Crippen molar-refractivity contribution in [1.29, 1.82) is 0 Å². The van der Waals surface area contributed by atoms with Gasteiger partial charge in [-0.2, -0.15) is 8.42 Å². The summed E-state index contributed by atoms with van der Waals surface area (Å²) in [5, 5.41) is 8.59. The molecule has 0 amide bonds. The molecule has 104 valence electrons. The van der Waals surface area contributed by atoms with Gasteiger partial charge in [-0.15, -0.1) is 0 Å². The second-order valence-corrected chi connectivity index (χ2v) is 5.35. The van der Waals surface area contributed by atoms with Gasteiger partial charge in [0.1, 0.15) is 5.75 Å². The zero-order valence-electron chi connectivity index (χ0n) is 12.1. The third kappa shape index (κ3) is 7.91. The average molecular weight is 298 g/mol. The molecule has 1 aromatic rings. The van der Waals surface area contributed by atoms with E-state index in [0.29, 0.717) is 12.4 Å². The van der Waals surface area contributed by atoms with Gasteiger partial charge in [-0.25, -0.2) is 0 Å². The average Bonchev–Trinajstić information content (AvgIpc) is 2.33. The third-order valence-electron chi connectivity index (χ3n) is 2.44. The molecule has 7 heteroatoms. The maximum atomic E-state index is 10.8. The number of ether oxygens (including phenoxy) is 1. The molecule has 0 saturated heterocycles. The third-order valence-corrected chi connectivity index (χ3v) is 3.31. The van der Waals surface area contributed by atoms with Crippen molar-refractivity contribution in [1.82, 2.24) is 0 Å². The number of hydrogen-bond acceptors (Lipinski definition) is 4. The van der Waals surface area contributed by atoms with Gasteiger partial charge in [-0.05, 0) is 43.5 Å². The van der Waals surface area contributed by atoms with Gasteiger partial charge in [0.15, 0.2) is 0 Å². The van der Waals surface area contributed by atoms with Gasteiger partial charge in [0, 0.05) is 6.61 Å². The maximum absolute atomic E-state index is 10.8. The summed E-state index contributed by atoms with van der Waals surface area (Å²) in [6.07, 6.45) is 3.66. The molecule has 0 aromatic heterocycles. The Morgan fingerprint density at radius 1 is 1.05 bits per heavy atom. The molecule has 5 nitrogen and oxygen atoms in total. The Morgan fingerprint density at radius 3 is 2.16 bits per heavy atom. The Labute approximate surface area is 137 Å². The van der Waals surface area contributed by atoms with Crippen LogP contribution in [-0.2, 0) is 10.1 Å². The minimum Gasteiger partial charge on any atom is -1.00 e. The molecular formula is C12H19NaO5S. The van der Waals surface area contributed by atoms with E-state index in [9.17, 15) is 8.42 Å². The zero-order valence-corrected chi connectivity index (χ0v) is 13.9. The van der Waals surface area contributed by atoms with Crippen molar-refractivity contribution < 1.29 is 53.8 Å². The van der Waals surface area contributed by atoms with E-state index in [2.05, 4.69) is 0 Å². The van der Waals surface area contributed by atoms with E-state index in [1.165, 1.54) is 24.3 Å². The fourth-order valence-electron chi connectivity index (χ4n) is 1.47. The summed E-state index contributed by atoms with van der Waals surface area (Å²) in [7, 11) is -4.13. The molecule has 0 atom stereocenters. The van der Waals surface area contributed by atoms with Crippen LogP contribution in [0.25, 0.3) is 0 Å². The number of rotatable bonds is 8. The Bertz CT molecular complexity index is 449. The fraction of sp³-hybridized carbons (Fsp3) is 0.500. The number of aliphatic hydroxyl groups is 1. The quantitative estimate of drug-likeness (QED) is 0.365. The summed E-state index contributed by atoms with van der Waals surface area (Å²) in [6.45, 7) is 0.772. The normalized spacial score (nSPS) is 10.8. The number of hydrogen-bond donors (Lipinski definition) is 2. The number of unbranched alkanes of at least 4 members (excludes halogenated alkanes) is 3. The molecule has 0 spiro atoms. The molecule has 19 heavy (non-hydrogen) atoms. The van der Waals surface area contributed by atoms with Gasteiger partial charge in [-0.3, -0.25) is 4.55 Å². The van der Waals surface area contributed by atoms with Crippen LogP contribution in [0.1, 0.15) is 27.1 Å². The first-order chi connectivity index (χ1) is 8.54. The van der Waals surface area contributed by atoms with Gasteiger partial charge >= 0.3 is 29.6 Å². The van der Waals surface area contributed by atoms with Crippen LogP contribution < -0.4 is 34.3 Å². The standard InChI is InChI=1S/C12H18O5S.Na.H/c13-9-3-1-2-4-10-17-11-5-7-12(8-6-11)18(14,15)16;;/h5-8,13H,1-4,9-10H2,(H,14,15,16);;/q;+1;-1. The Morgan fingerprint density at radius 2 is 1.63 bits per heavy atom. The maximum Gasteiger partial charge on any atom is 1.00 e. The van der Waals surface area contributed by atoms with Gasteiger partial charge in [0.25, 0.3) is 10.1 Å². The zero-order chi connectivity index (χ0) is 13.4. The molecule has 0 aliphatic rings. The molecule has 2 N–H and O–H groups in total. The molecule has 0 heterocycles. The van der Waals surface area contributed by atoms with Crippen LogP contribution in [0.15, 0.2) is 29.2 Å². The SMILES string of the molecule is O=S(=O)(O)c1ccc(OCCCCCCO)cc1.[H-].[Na+]. The second-order valence-electron chi connectivity index (χ2n) is 3.93. The van der Waals surface area contributed by atoms with E-state index in [1.807, 2.05) is 0 Å². The van der Waals surface area contributed by atoms with Crippen molar-refractivity contribution in [2.45, 2.75) is 30.6 Å². The van der Waals surface area contributed by atoms with Gasteiger partial charge in [0.2, 0.25) is 0 Å². The molecular weight excluding hydrogens is 279 g/mol. The second kappa shape index (κ2) is 9.74. The molecule has 0 radical (unpaired) electrons. The summed E-state index contributed by atoms with van der Waals surface area (Å²) >= 11 is 0. The fourth-order valence-corrected chi connectivity index (χ4v) is 1.95. The number of aliphatic hydroxyl groups excluding tert-OH is 1. The smallest absolute Gasteiger partial charge is 1.00 e. The van der Waals surface area contributed by atoms with E-state index in [4.69, 9.17) is 14.4 Å².